The van der Waals surface area contributed by atoms with Gasteiger partial charge in [-0.1, -0.05) is 59.3 Å². The van der Waals surface area contributed by atoms with E-state index in [4.69, 9.17) is 0 Å². The van der Waals surface area contributed by atoms with Crippen LogP contribution in [0.1, 0.15) is 104 Å². The van der Waals surface area contributed by atoms with Gasteiger partial charge in [-0.15, -0.1) is 0 Å². The van der Waals surface area contributed by atoms with Gasteiger partial charge in [-0.25, -0.2) is 0 Å². The van der Waals surface area contributed by atoms with Crippen molar-refractivity contribution in [1.82, 2.24) is 0 Å². The zero-order valence-corrected chi connectivity index (χ0v) is 19.2. The normalized spacial score (nSPS) is 30.3. The van der Waals surface area contributed by atoms with Gasteiger partial charge in [0.2, 0.25) is 0 Å². The van der Waals surface area contributed by atoms with E-state index < -0.39 is 12.2 Å². The molecule has 4 nitrogen and oxygen atoms in total. The van der Waals surface area contributed by atoms with Crippen LogP contribution in [0.15, 0.2) is 0 Å². The number of hydrogen-bond acceptors (Lipinski definition) is 4. The van der Waals surface area contributed by atoms with Crippen LogP contribution >= 0.6 is 0 Å². The lowest BCUT2D eigenvalue weighted by Crippen LogP contribution is -2.37. The van der Waals surface area contributed by atoms with E-state index in [2.05, 4.69) is 13.8 Å². The zero-order chi connectivity index (χ0) is 21.4. The Kier molecular flexibility index (Phi) is 10.9. The molecule has 0 bridgehead atoms. The predicted octanol–water partition coefficient (Wildman–Crippen LogP) is 4.67. The van der Waals surface area contributed by atoms with Crippen LogP contribution in [0.5, 0.6) is 0 Å². The zero-order valence-electron chi connectivity index (χ0n) is 19.2. The van der Waals surface area contributed by atoms with E-state index in [1.54, 1.807) is 0 Å². The second-order valence-corrected chi connectivity index (χ2v) is 10.4. The van der Waals surface area contributed by atoms with Crippen molar-refractivity contribution in [2.45, 2.75) is 129 Å². The van der Waals surface area contributed by atoms with E-state index >= 15 is 0 Å². The summed E-state index contributed by atoms with van der Waals surface area (Å²) in [5.74, 6) is 1.35. The lowest BCUT2D eigenvalue weighted by Gasteiger charge is -2.35. The quantitative estimate of drug-likeness (QED) is 0.397. The topological polar surface area (TPSA) is 80.9 Å². The Hall–Kier alpha value is -0.160. The van der Waals surface area contributed by atoms with Crippen LogP contribution in [0.4, 0.5) is 0 Å². The molecule has 4 N–H and O–H groups in total. The maximum Gasteiger partial charge on any atom is 0.0824 e. The van der Waals surface area contributed by atoms with Crippen molar-refractivity contribution in [2.75, 3.05) is 0 Å². The summed E-state index contributed by atoms with van der Waals surface area (Å²) in [4.78, 5) is 0. The number of hydrogen-bond donors (Lipinski definition) is 4. The molecule has 172 valence electrons. The third-order valence-electron chi connectivity index (χ3n) is 8.32. The summed E-state index contributed by atoms with van der Waals surface area (Å²) in [6, 6.07) is 0. The molecule has 0 amide bonds. The van der Waals surface area contributed by atoms with Crippen LogP contribution in [-0.4, -0.2) is 44.8 Å². The maximum absolute atomic E-state index is 10.9. The standard InChI is InChI=1S/C25H48O4/c1-4-19(18(3)25(29)20-10-6-5-7-11-20)15-14-17(2)24(28)23(27)16-21-12-8-9-13-22(21)26/h17-29H,4-16H2,1-3H3/t17?,18?,19-,21?,22?,23?,24+,25?/m0/s1. The lowest BCUT2D eigenvalue weighted by atomic mass is 9.74. The molecule has 2 aliphatic carbocycles. The Morgan fingerprint density at radius 3 is 2.07 bits per heavy atom. The van der Waals surface area contributed by atoms with Gasteiger partial charge in [0.05, 0.1) is 24.4 Å². The molecule has 2 aliphatic rings. The van der Waals surface area contributed by atoms with Gasteiger partial charge in [-0.2, -0.15) is 0 Å². The van der Waals surface area contributed by atoms with Crippen molar-refractivity contribution in [3.8, 4) is 0 Å². The van der Waals surface area contributed by atoms with Gasteiger partial charge in [0.1, 0.15) is 0 Å². The molecule has 0 aromatic carbocycles. The van der Waals surface area contributed by atoms with Crippen LogP contribution < -0.4 is 0 Å². The minimum Gasteiger partial charge on any atom is -0.393 e. The summed E-state index contributed by atoms with van der Waals surface area (Å²) in [5, 5.41) is 42.3. The van der Waals surface area contributed by atoms with Crippen molar-refractivity contribution in [1.29, 1.82) is 0 Å². The Bertz CT molecular complexity index is 437. The van der Waals surface area contributed by atoms with Crippen molar-refractivity contribution in [3.05, 3.63) is 0 Å². The molecule has 0 spiro atoms. The number of aliphatic hydroxyl groups is 4. The molecule has 6 unspecified atom stereocenters. The van der Waals surface area contributed by atoms with Crippen LogP contribution in [-0.2, 0) is 0 Å². The van der Waals surface area contributed by atoms with Crippen molar-refractivity contribution >= 4 is 0 Å². The van der Waals surface area contributed by atoms with Gasteiger partial charge >= 0.3 is 0 Å². The fraction of sp³-hybridized carbons (Fsp3) is 1.00. The highest BCUT2D eigenvalue weighted by Crippen LogP contribution is 2.35. The van der Waals surface area contributed by atoms with Gasteiger partial charge in [0.15, 0.2) is 0 Å². The molecule has 4 heteroatoms. The van der Waals surface area contributed by atoms with E-state index in [1.807, 2.05) is 6.92 Å². The first-order valence-electron chi connectivity index (χ1n) is 12.6. The van der Waals surface area contributed by atoms with Crippen molar-refractivity contribution in [2.24, 2.45) is 29.6 Å². The molecule has 8 atom stereocenters. The molecule has 0 aliphatic heterocycles. The monoisotopic (exact) mass is 412 g/mol. The first kappa shape index (κ1) is 25.1. The van der Waals surface area contributed by atoms with Gasteiger partial charge in [0, 0.05) is 0 Å². The fourth-order valence-corrected chi connectivity index (χ4v) is 5.96. The molecule has 2 fully saturated rings. The van der Waals surface area contributed by atoms with E-state index in [0.29, 0.717) is 18.3 Å². The maximum atomic E-state index is 10.9. The van der Waals surface area contributed by atoms with Crippen LogP contribution in [0.3, 0.4) is 0 Å². The molecule has 0 radical (unpaired) electrons. The second-order valence-electron chi connectivity index (χ2n) is 10.4. The molecule has 0 heterocycles. The van der Waals surface area contributed by atoms with E-state index in [0.717, 1.165) is 57.8 Å². The molecule has 2 saturated carbocycles. The third kappa shape index (κ3) is 7.48. The van der Waals surface area contributed by atoms with Crippen molar-refractivity contribution < 1.29 is 20.4 Å². The highest BCUT2D eigenvalue weighted by Gasteiger charge is 2.33. The average molecular weight is 413 g/mol. The van der Waals surface area contributed by atoms with Crippen LogP contribution in [0.25, 0.3) is 0 Å². The summed E-state index contributed by atoms with van der Waals surface area (Å²) < 4.78 is 0. The van der Waals surface area contributed by atoms with Gasteiger partial charge < -0.3 is 20.4 Å². The number of rotatable bonds is 11. The Morgan fingerprint density at radius 2 is 1.45 bits per heavy atom. The summed E-state index contributed by atoms with van der Waals surface area (Å²) >= 11 is 0. The summed E-state index contributed by atoms with van der Waals surface area (Å²) in [5.41, 5.74) is 0. The Balaban J connectivity index is 1.79. The third-order valence-corrected chi connectivity index (χ3v) is 8.32. The Labute approximate surface area is 179 Å². The van der Waals surface area contributed by atoms with E-state index in [1.165, 1.54) is 19.3 Å². The fourth-order valence-electron chi connectivity index (χ4n) is 5.96. The highest BCUT2D eigenvalue weighted by atomic mass is 16.3. The molecule has 0 aromatic rings. The van der Waals surface area contributed by atoms with Crippen LogP contribution in [0, 0.1) is 29.6 Å². The average Bonchev–Trinajstić information content (AvgIpc) is 2.74. The van der Waals surface area contributed by atoms with Crippen LogP contribution in [0.2, 0.25) is 0 Å². The summed E-state index contributed by atoms with van der Waals surface area (Å²) in [6.07, 6.45) is 11.5. The minimum atomic E-state index is -0.756. The molecule has 0 saturated heterocycles. The lowest BCUT2D eigenvalue weighted by molar-refractivity contribution is -0.0467. The van der Waals surface area contributed by atoms with Crippen molar-refractivity contribution in [3.63, 3.8) is 0 Å². The summed E-state index contributed by atoms with van der Waals surface area (Å²) in [7, 11) is 0. The molecular formula is C25H48O4. The van der Waals surface area contributed by atoms with Gasteiger partial charge in [0.25, 0.3) is 0 Å². The molecular weight excluding hydrogens is 364 g/mol. The molecule has 2 rings (SSSR count). The second kappa shape index (κ2) is 12.6. The molecule has 0 aromatic heterocycles. The summed E-state index contributed by atoms with van der Waals surface area (Å²) in [6.45, 7) is 6.43. The predicted molar refractivity (Wildman–Crippen MR) is 119 cm³/mol. The Morgan fingerprint density at radius 1 is 0.828 bits per heavy atom. The minimum absolute atomic E-state index is 0.0267. The smallest absolute Gasteiger partial charge is 0.0824 e. The highest BCUT2D eigenvalue weighted by molar-refractivity contribution is 4.84. The molecule has 29 heavy (non-hydrogen) atoms. The van der Waals surface area contributed by atoms with E-state index in [-0.39, 0.29) is 30.0 Å². The van der Waals surface area contributed by atoms with Gasteiger partial charge in [-0.3, -0.25) is 0 Å². The van der Waals surface area contributed by atoms with Gasteiger partial charge in [-0.05, 0) is 74.5 Å². The number of aliphatic hydroxyl groups excluding tert-OH is 4. The first-order valence-corrected chi connectivity index (χ1v) is 12.6. The SMILES string of the molecule is CC[C@@H](CCC(C)[C@@H](O)C(O)CC1CCCCC1O)C(C)C(O)C1CCCCC1. The van der Waals surface area contributed by atoms with E-state index in [9.17, 15) is 20.4 Å². The largest absolute Gasteiger partial charge is 0.393 e. The first-order chi connectivity index (χ1) is 13.8.